The van der Waals surface area contributed by atoms with Crippen molar-refractivity contribution in [2.45, 2.75) is 64.9 Å². The van der Waals surface area contributed by atoms with Crippen LogP contribution in [-0.4, -0.2) is 35.6 Å². The van der Waals surface area contributed by atoms with Gasteiger partial charge in [0.25, 0.3) is 0 Å². The predicted octanol–water partition coefficient (Wildman–Crippen LogP) is 5.54. The van der Waals surface area contributed by atoms with E-state index in [1.165, 1.54) is 5.56 Å². The lowest BCUT2D eigenvalue weighted by Gasteiger charge is -2.32. The second-order valence-electron chi connectivity index (χ2n) is 8.94. The molecule has 0 spiro atoms. The normalized spacial score (nSPS) is 15.2. The van der Waals surface area contributed by atoms with Crippen LogP contribution >= 0.6 is 0 Å². The van der Waals surface area contributed by atoms with Crippen molar-refractivity contribution in [2.75, 3.05) is 13.1 Å². The molecule has 0 aliphatic carbocycles. The third kappa shape index (κ3) is 7.28. The fourth-order valence-corrected chi connectivity index (χ4v) is 4.34. The van der Waals surface area contributed by atoms with E-state index < -0.39 is 0 Å². The lowest BCUT2D eigenvalue weighted by molar-refractivity contribution is -0.149. The zero-order chi connectivity index (χ0) is 23.6. The van der Waals surface area contributed by atoms with Crippen LogP contribution in [0.25, 0.3) is 0 Å². The number of ether oxygens (including phenoxy) is 1. The zero-order valence-corrected chi connectivity index (χ0v) is 19.8. The topological polar surface area (TPSA) is 63.7 Å². The van der Waals surface area contributed by atoms with Crippen molar-refractivity contribution in [3.63, 3.8) is 0 Å². The van der Waals surface area contributed by atoms with Gasteiger partial charge in [0.05, 0.1) is 5.92 Å². The predicted molar refractivity (Wildman–Crippen MR) is 129 cm³/mol. The first-order chi connectivity index (χ1) is 16.0. The zero-order valence-electron chi connectivity index (χ0n) is 19.8. The maximum absolute atomic E-state index is 12.7. The summed E-state index contributed by atoms with van der Waals surface area (Å²) < 4.78 is 5.39. The van der Waals surface area contributed by atoms with Gasteiger partial charge in [-0.1, -0.05) is 62.4 Å². The van der Waals surface area contributed by atoms with E-state index in [4.69, 9.17) is 4.74 Å². The van der Waals surface area contributed by atoms with E-state index >= 15 is 0 Å². The number of Topliss-reactive ketones (excluding diaryl/α,β-unsaturated/α-hetero) is 1. The number of carbonyl (C=O) groups excluding carboxylic acids is 3. The minimum absolute atomic E-state index is 0.160. The molecule has 1 fully saturated rings. The molecule has 1 amide bonds. The third-order valence-electron chi connectivity index (χ3n) is 6.50. The number of hydrogen-bond donors (Lipinski definition) is 0. The van der Waals surface area contributed by atoms with E-state index in [-0.39, 0.29) is 30.2 Å². The number of hydrogen-bond acceptors (Lipinski definition) is 4. The molecule has 0 aromatic heterocycles. The van der Waals surface area contributed by atoms with Crippen molar-refractivity contribution >= 4 is 17.7 Å². The summed E-state index contributed by atoms with van der Waals surface area (Å²) in [4.78, 5) is 38.8. The Morgan fingerprint density at radius 3 is 2.45 bits per heavy atom. The summed E-state index contributed by atoms with van der Waals surface area (Å²) in [6.45, 7) is 5.51. The van der Waals surface area contributed by atoms with Gasteiger partial charge in [-0.15, -0.1) is 0 Å². The number of ketones is 1. The summed E-state index contributed by atoms with van der Waals surface area (Å²) in [6.07, 6.45) is 4.13. The van der Waals surface area contributed by atoms with Gasteiger partial charge < -0.3 is 9.64 Å². The molecule has 33 heavy (non-hydrogen) atoms. The van der Waals surface area contributed by atoms with Gasteiger partial charge in [0.15, 0.2) is 5.78 Å². The summed E-state index contributed by atoms with van der Waals surface area (Å²) >= 11 is 0. The number of nitrogens with zero attached hydrogens (tertiary/aromatic N) is 1. The summed E-state index contributed by atoms with van der Waals surface area (Å²) in [6, 6.07) is 17.6. The van der Waals surface area contributed by atoms with Gasteiger partial charge in [-0.25, -0.2) is 0 Å². The van der Waals surface area contributed by atoms with Crippen LogP contribution in [0.5, 0.6) is 0 Å². The smallest absolute Gasteiger partial charge is 0.308 e. The highest BCUT2D eigenvalue weighted by Crippen LogP contribution is 2.29. The van der Waals surface area contributed by atoms with Crippen LogP contribution in [-0.2, 0) is 20.9 Å². The molecule has 1 aliphatic heterocycles. The Labute approximate surface area is 197 Å². The fourth-order valence-electron chi connectivity index (χ4n) is 4.34. The number of likely N-dealkylation sites (tertiary alicyclic amines) is 1. The molecule has 1 aliphatic rings. The van der Waals surface area contributed by atoms with E-state index in [0.29, 0.717) is 31.6 Å². The molecule has 0 radical (unpaired) electrons. The van der Waals surface area contributed by atoms with E-state index in [2.05, 4.69) is 6.07 Å². The molecule has 176 valence electrons. The molecule has 0 saturated carbocycles. The summed E-state index contributed by atoms with van der Waals surface area (Å²) in [5.41, 5.74) is 2.95. The third-order valence-corrected chi connectivity index (χ3v) is 6.50. The molecule has 5 nitrogen and oxygen atoms in total. The maximum atomic E-state index is 12.7. The van der Waals surface area contributed by atoms with Crippen LogP contribution in [0.1, 0.15) is 79.8 Å². The number of rotatable bonds is 10. The molecule has 0 N–H and O–H groups in total. The van der Waals surface area contributed by atoms with Crippen molar-refractivity contribution in [3.05, 3.63) is 71.3 Å². The Hall–Kier alpha value is -2.95. The van der Waals surface area contributed by atoms with E-state index in [1.807, 2.05) is 67.3 Å². The van der Waals surface area contributed by atoms with Gasteiger partial charge in [-0.2, -0.15) is 0 Å². The van der Waals surface area contributed by atoms with Crippen molar-refractivity contribution < 1.29 is 19.1 Å². The van der Waals surface area contributed by atoms with Gasteiger partial charge in [0.2, 0.25) is 5.91 Å². The summed E-state index contributed by atoms with van der Waals surface area (Å²) in [7, 11) is 0. The van der Waals surface area contributed by atoms with Crippen molar-refractivity contribution in [1.29, 1.82) is 0 Å². The fraction of sp³-hybridized carbons (Fsp3) is 0.464. The quantitative estimate of drug-likeness (QED) is 0.353. The molecule has 5 heteroatoms. The molecule has 1 unspecified atom stereocenters. The summed E-state index contributed by atoms with van der Waals surface area (Å²) in [5.74, 6) is 0.287. The minimum atomic E-state index is -0.217. The molecule has 1 atom stereocenters. The Morgan fingerprint density at radius 2 is 1.76 bits per heavy atom. The van der Waals surface area contributed by atoms with Gasteiger partial charge in [-0.3, -0.25) is 14.4 Å². The highest BCUT2D eigenvalue weighted by molar-refractivity contribution is 5.96. The van der Waals surface area contributed by atoms with Crippen LogP contribution in [0, 0.1) is 5.92 Å². The van der Waals surface area contributed by atoms with Gasteiger partial charge >= 0.3 is 5.97 Å². The highest BCUT2D eigenvalue weighted by atomic mass is 16.5. The Kier molecular flexibility index (Phi) is 9.23. The van der Waals surface area contributed by atoms with Gasteiger partial charge in [0.1, 0.15) is 6.61 Å². The summed E-state index contributed by atoms with van der Waals surface area (Å²) in [5, 5.41) is 0. The van der Waals surface area contributed by atoms with Gasteiger partial charge in [-0.05, 0) is 48.8 Å². The van der Waals surface area contributed by atoms with Crippen LogP contribution in [0.4, 0.5) is 0 Å². The molecule has 2 aromatic rings. The Bertz CT molecular complexity index is 932. The van der Waals surface area contributed by atoms with Crippen LogP contribution in [0.3, 0.4) is 0 Å². The van der Waals surface area contributed by atoms with Crippen molar-refractivity contribution in [3.8, 4) is 0 Å². The molecular formula is C28H35NO4. The number of amides is 1. The molecule has 1 saturated heterocycles. The first-order valence-corrected chi connectivity index (χ1v) is 12.1. The lowest BCUT2D eigenvalue weighted by atomic mass is 9.88. The molecule has 2 aromatic carbocycles. The highest BCUT2D eigenvalue weighted by Gasteiger charge is 2.24. The van der Waals surface area contributed by atoms with Crippen molar-refractivity contribution in [2.24, 2.45) is 5.92 Å². The van der Waals surface area contributed by atoms with Crippen LogP contribution < -0.4 is 0 Å². The van der Waals surface area contributed by atoms with E-state index in [9.17, 15) is 14.4 Å². The molecule has 0 bridgehead atoms. The minimum Gasteiger partial charge on any atom is -0.461 e. The average Bonchev–Trinajstić information content (AvgIpc) is 2.87. The number of esters is 1. The van der Waals surface area contributed by atoms with Crippen LogP contribution in [0.2, 0.25) is 0 Å². The second kappa shape index (κ2) is 12.3. The second-order valence-corrected chi connectivity index (χ2v) is 8.94. The van der Waals surface area contributed by atoms with Crippen molar-refractivity contribution in [1.82, 2.24) is 4.90 Å². The van der Waals surface area contributed by atoms with Crippen LogP contribution in [0.15, 0.2) is 54.6 Å². The van der Waals surface area contributed by atoms with E-state index in [0.717, 1.165) is 37.1 Å². The number of carbonyl (C=O) groups is 3. The largest absolute Gasteiger partial charge is 0.461 e. The number of benzene rings is 2. The Balaban J connectivity index is 1.37. The first-order valence-electron chi connectivity index (χ1n) is 12.1. The van der Waals surface area contributed by atoms with Gasteiger partial charge in [0, 0.05) is 31.5 Å². The maximum Gasteiger partial charge on any atom is 0.308 e. The van der Waals surface area contributed by atoms with E-state index in [1.54, 1.807) is 0 Å². The number of piperidine rings is 1. The lowest BCUT2D eigenvalue weighted by Crippen LogP contribution is -2.37. The Morgan fingerprint density at radius 1 is 1.03 bits per heavy atom. The SMILES string of the molecule is CCC(=O)c1cccc(C2CCN(C(=O)CCCC(C)C(=O)OCc3ccccc3)CC2)c1. The monoisotopic (exact) mass is 449 g/mol. The first kappa shape index (κ1) is 24.7. The molecule has 1 heterocycles. The standard InChI is InChI=1S/C28H35NO4/c1-3-26(30)25-13-8-12-24(19-25)23-15-17-29(18-16-23)27(31)14-7-9-21(2)28(32)33-20-22-10-5-4-6-11-22/h4-6,8,10-13,19,21,23H,3,7,9,14-18,20H2,1-2H3. The molecular weight excluding hydrogens is 414 g/mol. The molecule has 3 rings (SSSR count). The average molecular weight is 450 g/mol.